The number of hydrogen-bond donors (Lipinski definition) is 1. The molecule has 0 aromatic heterocycles. The molecule has 0 bridgehead atoms. The molecular weight excluding hydrogens is 252 g/mol. The lowest BCUT2D eigenvalue weighted by Gasteiger charge is -2.06. The van der Waals surface area contributed by atoms with E-state index in [0.717, 1.165) is 29.6 Å². The topological polar surface area (TPSA) is 46.5 Å². The number of aryl methyl sites for hydroxylation is 1. The van der Waals surface area contributed by atoms with E-state index in [9.17, 15) is 4.79 Å². The number of aliphatic carboxylic acids is 1. The largest absolute Gasteiger partial charge is 0.478 e. The molecule has 1 N–H and O–H groups in total. The Morgan fingerprint density at radius 1 is 1.05 bits per heavy atom. The van der Waals surface area contributed by atoms with E-state index in [1.165, 1.54) is 5.56 Å². The van der Waals surface area contributed by atoms with Crippen LogP contribution in [0.2, 0.25) is 0 Å². The first kappa shape index (κ1) is 13.9. The van der Waals surface area contributed by atoms with E-state index < -0.39 is 5.97 Å². The summed E-state index contributed by atoms with van der Waals surface area (Å²) >= 11 is 0. The summed E-state index contributed by atoms with van der Waals surface area (Å²) in [6.07, 6.45) is 3.66. The van der Waals surface area contributed by atoms with Gasteiger partial charge in [0.25, 0.3) is 0 Å². The van der Waals surface area contributed by atoms with Crippen LogP contribution < -0.4 is 4.74 Å². The van der Waals surface area contributed by atoms with Crippen LogP contribution in [-0.2, 0) is 11.2 Å². The first-order valence-corrected chi connectivity index (χ1v) is 6.45. The van der Waals surface area contributed by atoms with Crippen LogP contribution in [0.4, 0.5) is 0 Å². The number of carboxylic acid groups (broad SMARTS) is 1. The van der Waals surface area contributed by atoms with Crippen molar-refractivity contribution in [3.8, 4) is 11.5 Å². The second-order valence-corrected chi connectivity index (χ2v) is 4.34. The van der Waals surface area contributed by atoms with Gasteiger partial charge in [-0.1, -0.05) is 31.2 Å². The van der Waals surface area contributed by atoms with Gasteiger partial charge in [-0.3, -0.25) is 0 Å². The molecule has 0 aliphatic carbocycles. The fourth-order valence-corrected chi connectivity index (χ4v) is 1.74. The molecule has 102 valence electrons. The first-order valence-electron chi connectivity index (χ1n) is 6.45. The molecular formula is C17H16O3. The number of carboxylic acids is 1. The van der Waals surface area contributed by atoms with Gasteiger partial charge in [0, 0.05) is 6.08 Å². The lowest BCUT2D eigenvalue weighted by Crippen LogP contribution is -1.87. The number of benzene rings is 2. The lowest BCUT2D eigenvalue weighted by atomic mass is 10.2. The molecule has 0 spiro atoms. The van der Waals surface area contributed by atoms with Crippen molar-refractivity contribution in [1.82, 2.24) is 0 Å². The van der Waals surface area contributed by atoms with Crippen molar-refractivity contribution < 1.29 is 14.6 Å². The quantitative estimate of drug-likeness (QED) is 0.829. The van der Waals surface area contributed by atoms with Gasteiger partial charge in [0.05, 0.1) is 0 Å². The Labute approximate surface area is 118 Å². The summed E-state index contributed by atoms with van der Waals surface area (Å²) in [7, 11) is 0. The Kier molecular flexibility index (Phi) is 4.56. The molecule has 20 heavy (non-hydrogen) atoms. The zero-order chi connectivity index (χ0) is 14.4. The molecule has 0 aliphatic heterocycles. The molecule has 0 aliphatic rings. The fraction of sp³-hybridized carbons (Fsp3) is 0.118. The maximum absolute atomic E-state index is 10.4. The molecule has 0 amide bonds. The maximum atomic E-state index is 10.4. The van der Waals surface area contributed by atoms with Crippen LogP contribution in [0, 0.1) is 0 Å². The standard InChI is InChI=1S/C17H16O3/c1-2-13-3-8-15(9-4-13)20-16-10-5-14(6-11-16)7-12-17(18)19/h3-12H,2H2,1H3,(H,18,19). The third-order valence-electron chi connectivity index (χ3n) is 2.87. The lowest BCUT2D eigenvalue weighted by molar-refractivity contribution is -0.131. The molecule has 0 radical (unpaired) electrons. The van der Waals surface area contributed by atoms with Crippen LogP contribution in [0.1, 0.15) is 18.1 Å². The Morgan fingerprint density at radius 2 is 1.60 bits per heavy atom. The molecule has 0 saturated heterocycles. The highest BCUT2D eigenvalue weighted by Gasteiger charge is 1.98. The van der Waals surface area contributed by atoms with E-state index in [1.807, 2.05) is 48.5 Å². The minimum atomic E-state index is -0.957. The number of ether oxygens (including phenoxy) is 1. The highest BCUT2D eigenvalue weighted by molar-refractivity contribution is 5.85. The van der Waals surface area contributed by atoms with Gasteiger partial charge < -0.3 is 9.84 Å². The Morgan fingerprint density at radius 3 is 2.10 bits per heavy atom. The second kappa shape index (κ2) is 6.57. The zero-order valence-corrected chi connectivity index (χ0v) is 11.2. The van der Waals surface area contributed by atoms with Gasteiger partial charge in [-0.05, 0) is 47.9 Å². The van der Waals surface area contributed by atoms with Crippen molar-refractivity contribution in [3.63, 3.8) is 0 Å². The van der Waals surface area contributed by atoms with Crippen LogP contribution in [0.25, 0.3) is 6.08 Å². The van der Waals surface area contributed by atoms with Crippen molar-refractivity contribution in [1.29, 1.82) is 0 Å². The Balaban J connectivity index is 2.04. The summed E-state index contributed by atoms with van der Waals surface area (Å²) in [6.45, 7) is 2.11. The normalized spacial score (nSPS) is 10.7. The van der Waals surface area contributed by atoms with Crippen LogP contribution in [0.15, 0.2) is 54.6 Å². The highest BCUT2D eigenvalue weighted by atomic mass is 16.5. The number of rotatable bonds is 5. The highest BCUT2D eigenvalue weighted by Crippen LogP contribution is 2.22. The molecule has 0 unspecified atom stereocenters. The summed E-state index contributed by atoms with van der Waals surface area (Å²) in [5.41, 5.74) is 2.09. The van der Waals surface area contributed by atoms with Crippen molar-refractivity contribution in [2.75, 3.05) is 0 Å². The average molecular weight is 268 g/mol. The first-order chi connectivity index (χ1) is 9.67. The molecule has 2 aromatic carbocycles. The van der Waals surface area contributed by atoms with Gasteiger partial charge >= 0.3 is 5.97 Å². The van der Waals surface area contributed by atoms with Gasteiger partial charge in [-0.25, -0.2) is 4.79 Å². The molecule has 0 atom stereocenters. The van der Waals surface area contributed by atoms with Crippen LogP contribution in [-0.4, -0.2) is 11.1 Å². The Bertz CT molecular complexity index is 595. The smallest absolute Gasteiger partial charge is 0.328 e. The van der Waals surface area contributed by atoms with Crippen LogP contribution in [0.5, 0.6) is 11.5 Å². The molecule has 3 heteroatoms. The third-order valence-corrected chi connectivity index (χ3v) is 2.87. The van der Waals surface area contributed by atoms with E-state index in [2.05, 4.69) is 6.92 Å². The molecule has 2 rings (SSSR count). The maximum Gasteiger partial charge on any atom is 0.328 e. The summed E-state index contributed by atoms with van der Waals surface area (Å²) in [5, 5.41) is 8.56. The van der Waals surface area contributed by atoms with Crippen molar-refractivity contribution >= 4 is 12.0 Å². The summed E-state index contributed by atoms with van der Waals surface area (Å²) < 4.78 is 5.72. The van der Waals surface area contributed by atoms with E-state index in [-0.39, 0.29) is 0 Å². The van der Waals surface area contributed by atoms with E-state index in [0.29, 0.717) is 0 Å². The number of carbonyl (C=O) groups is 1. The van der Waals surface area contributed by atoms with E-state index in [1.54, 1.807) is 6.08 Å². The molecule has 0 saturated carbocycles. The molecule has 2 aromatic rings. The van der Waals surface area contributed by atoms with Gasteiger partial charge in [-0.15, -0.1) is 0 Å². The van der Waals surface area contributed by atoms with Crippen molar-refractivity contribution in [2.45, 2.75) is 13.3 Å². The van der Waals surface area contributed by atoms with Crippen LogP contribution >= 0.6 is 0 Å². The van der Waals surface area contributed by atoms with Gasteiger partial charge in [0.15, 0.2) is 0 Å². The Hall–Kier alpha value is -2.55. The van der Waals surface area contributed by atoms with E-state index in [4.69, 9.17) is 9.84 Å². The molecule has 3 nitrogen and oxygen atoms in total. The average Bonchev–Trinajstić information content (AvgIpc) is 2.47. The molecule has 0 heterocycles. The summed E-state index contributed by atoms with van der Waals surface area (Å²) in [5.74, 6) is 0.555. The predicted molar refractivity (Wildman–Crippen MR) is 79.0 cm³/mol. The van der Waals surface area contributed by atoms with Crippen molar-refractivity contribution in [3.05, 3.63) is 65.7 Å². The van der Waals surface area contributed by atoms with Gasteiger partial charge in [0.2, 0.25) is 0 Å². The SMILES string of the molecule is CCc1ccc(Oc2ccc(C=CC(=O)O)cc2)cc1. The second-order valence-electron chi connectivity index (χ2n) is 4.34. The number of hydrogen-bond acceptors (Lipinski definition) is 2. The van der Waals surface area contributed by atoms with E-state index >= 15 is 0 Å². The molecule has 0 fully saturated rings. The van der Waals surface area contributed by atoms with Gasteiger partial charge in [0.1, 0.15) is 11.5 Å². The predicted octanol–water partition coefficient (Wildman–Crippen LogP) is 4.14. The van der Waals surface area contributed by atoms with Crippen LogP contribution in [0.3, 0.4) is 0 Å². The fourth-order valence-electron chi connectivity index (χ4n) is 1.74. The monoisotopic (exact) mass is 268 g/mol. The zero-order valence-electron chi connectivity index (χ0n) is 11.2. The summed E-state index contributed by atoms with van der Waals surface area (Å²) in [4.78, 5) is 10.4. The minimum Gasteiger partial charge on any atom is -0.478 e. The third kappa shape index (κ3) is 3.99. The summed E-state index contributed by atoms with van der Waals surface area (Å²) in [6, 6.07) is 15.2. The van der Waals surface area contributed by atoms with Gasteiger partial charge in [-0.2, -0.15) is 0 Å². The van der Waals surface area contributed by atoms with Crippen molar-refractivity contribution in [2.24, 2.45) is 0 Å². The minimum absolute atomic E-state index is 0.724.